The maximum atomic E-state index is 11.1. The SMILES string of the molecule is O=S(=O)([O][Zn])C(F)F. The van der Waals surface area contributed by atoms with Gasteiger partial charge in [0.2, 0.25) is 0 Å². The van der Waals surface area contributed by atoms with Crippen LogP contribution in [0.15, 0.2) is 0 Å². The maximum absolute atomic E-state index is 11.1. The van der Waals surface area contributed by atoms with Crippen molar-refractivity contribution in [3.8, 4) is 0 Å². The summed E-state index contributed by atoms with van der Waals surface area (Å²) in [6.07, 6.45) is 0. The molecule has 0 spiro atoms. The summed E-state index contributed by atoms with van der Waals surface area (Å²) in [4.78, 5) is 0. The molecule has 3 nitrogen and oxygen atoms in total. The molecule has 0 heterocycles. The topological polar surface area (TPSA) is 43.4 Å². The molecule has 0 amide bonds. The normalized spacial score (nSPS) is 12.6. The molecule has 0 aliphatic rings. The summed E-state index contributed by atoms with van der Waals surface area (Å²) >= 11 is -0.132. The van der Waals surface area contributed by atoms with E-state index < -0.39 is 15.9 Å². The molecule has 0 saturated carbocycles. The van der Waals surface area contributed by atoms with E-state index in [9.17, 15) is 17.2 Å². The monoisotopic (exact) mass is 195 g/mol. The van der Waals surface area contributed by atoms with Gasteiger partial charge in [-0.25, -0.2) is 0 Å². The summed E-state index contributed by atoms with van der Waals surface area (Å²) in [5, 5.41) is 0. The summed E-state index contributed by atoms with van der Waals surface area (Å²) in [7, 11) is -4.51. The molecule has 45 valence electrons. The molecule has 0 N–H and O–H groups in total. The Labute approximate surface area is 55.2 Å². The van der Waals surface area contributed by atoms with Crippen LogP contribution in [-0.2, 0) is 31.8 Å². The van der Waals surface area contributed by atoms with Crippen LogP contribution in [0.25, 0.3) is 0 Å². The molecular formula is CHF2O3SZn. The van der Waals surface area contributed by atoms with Gasteiger partial charge in [-0.2, -0.15) is 0 Å². The molecule has 0 aliphatic heterocycles. The Morgan fingerprint density at radius 1 is 1.50 bits per heavy atom. The summed E-state index contributed by atoms with van der Waals surface area (Å²) in [6.45, 7) is 0. The molecule has 0 fully saturated rings. The van der Waals surface area contributed by atoms with Gasteiger partial charge in [-0.15, -0.1) is 0 Å². The Morgan fingerprint density at radius 3 is 1.88 bits per heavy atom. The molecule has 0 rings (SSSR count). The second-order valence-electron chi connectivity index (χ2n) is 0.871. The van der Waals surface area contributed by atoms with Gasteiger partial charge < -0.3 is 0 Å². The minimum absolute atomic E-state index is 0.132. The summed E-state index contributed by atoms with van der Waals surface area (Å²) in [5.41, 5.74) is 0. The molecule has 0 aromatic carbocycles. The van der Waals surface area contributed by atoms with Crippen molar-refractivity contribution in [3.05, 3.63) is 0 Å². The van der Waals surface area contributed by atoms with Crippen molar-refractivity contribution in [2.75, 3.05) is 0 Å². The molecule has 0 bridgehead atoms. The van der Waals surface area contributed by atoms with Gasteiger partial charge in [-0.05, 0) is 0 Å². The first-order chi connectivity index (χ1) is 3.50. The van der Waals surface area contributed by atoms with Crippen LogP contribution in [0.4, 0.5) is 8.78 Å². The summed E-state index contributed by atoms with van der Waals surface area (Å²) in [5.74, 6) is -3.41. The molecule has 0 saturated heterocycles. The standard InChI is InChI=1S/CH2F2O3S.Zn/c2-1(3)7(4,5)6;/h1H,(H,4,5,6);/q;+1/p-1. The molecule has 0 aliphatic carbocycles. The third kappa shape index (κ3) is 2.11. The van der Waals surface area contributed by atoms with E-state index in [4.69, 9.17) is 0 Å². The molecule has 0 unspecified atom stereocenters. The number of alkyl halides is 2. The first-order valence-electron chi connectivity index (χ1n) is 1.46. The van der Waals surface area contributed by atoms with Crippen molar-refractivity contribution in [3.63, 3.8) is 0 Å². The van der Waals surface area contributed by atoms with Crippen molar-refractivity contribution < 1.29 is 38.9 Å². The van der Waals surface area contributed by atoms with Crippen molar-refractivity contribution in [2.45, 2.75) is 5.76 Å². The van der Waals surface area contributed by atoms with Crippen LogP contribution in [-0.4, -0.2) is 14.2 Å². The average Bonchev–Trinajstić information content (AvgIpc) is 1.67. The predicted molar refractivity (Wildman–Crippen MR) is 16.0 cm³/mol. The van der Waals surface area contributed by atoms with Crippen molar-refractivity contribution in [2.24, 2.45) is 0 Å². The van der Waals surface area contributed by atoms with Gasteiger partial charge in [-0.1, -0.05) is 0 Å². The van der Waals surface area contributed by atoms with Gasteiger partial charge in [0.1, 0.15) is 0 Å². The Balaban J connectivity index is 4.17. The predicted octanol–water partition coefficient (Wildman–Crippen LogP) is 0.0172. The minimum atomic E-state index is -4.51. The summed E-state index contributed by atoms with van der Waals surface area (Å²) in [6, 6.07) is 0. The van der Waals surface area contributed by atoms with Gasteiger partial charge >= 0.3 is 54.7 Å². The Kier molecular flexibility index (Phi) is 2.94. The molecule has 7 heteroatoms. The quantitative estimate of drug-likeness (QED) is 0.585. The van der Waals surface area contributed by atoms with Gasteiger partial charge in [-0.3, -0.25) is 0 Å². The van der Waals surface area contributed by atoms with Crippen molar-refractivity contribution >= 4 is 10.1 Å². The molecule has 0 aromatic rings. The third-order valence-corrected chi connectivity index (χ3v) is 3.22. The Bertz CT molecular complexity index is 151. The van der Waals surface area contributed by atoms with Crippen LogP contribution < -0.4 is 0 Å². The zero-order valence-corrected chi connectivity index (χ0v) is 7.46. The first kappa shape index (κ1) is 8.39. The fourth-order valence-corrected chi connectivity index (χ4v) is 0.802. The first-order valence-corrected chi connectivity index (χ1v) is 4.14. The summed E-state index contributed by atoms with van der Waals surface area (Å²) < 4.78 is 45.3. The molecular weight excluding hydrogens is 195 g/mol. The second-order valence-corrected chi connectivity index (χ2v) is 3.93. The number of hydrogen-bond acceptors (Lipinski definition) is 3. The van der Waals surface area contributed by atoms with Crippen LogP contribution >= 0.6 is 0 Å². The van der Waals surface area contributed by atoms with Crippen molar-refractivity contribution in [1.29, 1.82) is 0 Å². The van der Waals surface area contributed by atoms with Crippen LogP contribution in [0.2, 0.25) is 0 Å². The second kappa shape index (κ2) is 2.80. The van der Waals surface area contributed by atoms with Crippen LogP contribution in [0.3, 0.4) is 0 Å². The number of halogens is 2. The average molecular weight is 196 g/mol. The van der Waals surface area contributed by atoms with E-state index in [1.807, 2.05) is 0 Å². The Hall–Kier alpha value is 0.393. The number of rotatable bonds is 2. The zero-order valence-electron chi connectivity index (χ0n) is 3.67. The van der Waals surface area contributed by atoms with Gasteiger partial charge in [0.05, 0.1) is 0 Å². The third-order valence-electron chi connectivity index (χ3n) is 0.382. The Morgan fingerprint density at radius 2 is 1.88 bits per heavy atom. The van der Waals surface area contributed by atoms with E-state index in [2.05, 4.69) is 3.01 Å². The molecule has 0 aromatic heterocycles. The van der Waals surface area contributed by atoms with E-state index in [0.717, 1.165) is 0 Å². The fraction of sp³-hybridized carbons (Fsp3) is 1.00. The fourth-order valence-electron chi connectivity index (χ4n) is 0.0514. The van der Waals surface area contributed by atoms with E-state index in [1.165, 1.54) is 0 Å². The van der Waals surface area contributed by atoms with Crippen molar-refractivity contribution in [1.82, 2.24) is 0 Å². The van der Waals surface area contributed by atoms with E-state index >= 15 is 0 Å². The van der Waals surface area contributed by atoms with Crippen LogP contribution in [0.5, 0.6) is 0 Å². The molecule has 8 heavy (non-hydrogen) atoms. The van der Waals surface area contributed by atoms with Crippen LogP contribution in [0, 0.1) is 0 Å². The van der Waals surface area contributed by atoms with E-state index in [1.54, 1.807) is 0 Å². The molecule has 0 atom stereocenters. The van der Waals surface area contributed by atoms with Gasteiger partial charge in [0.25, 0.3) is 0 Å². The van der Waals surface area contributed by atoms with E-state index in [0.29, 0.717) is 0 Å². The molecule has 0 radical (unpaired) electrons. The van der Waals surface area contributed by atoms with Gasteiger partial charge in [0.15, 0.2) is 0 Å². The number of hydrogen-bond donors (Lipinski definition) is 0. The van der Waals surface area contributed by atoms with E-state index in [-0.39, 0.29) is 18.7 Å². The zero-order chi connectivity index (χ0) is 6.78. The van der Waals surface area contributed by atoms with Crippen LogP contribution in [0.1, 0.15) is 0 Å². The van der Waals surface area contributed by atoms with Gasteiger partial charge in [0, 0.05) is 0 Å².